The van der Waals surface area contributed by atoms with E-state index < -0.39 is 0 Å². The first kappa shape index (κ1) is 11.3. The Balaban J connectivity index is 2.02. The molecule has 0 spiro atoms. The smallest absolute Gasteiger partial charge is 0.133 e. The highest BCUT2D eigenvalue weighted by Gasteiger charge is 1.99. The average Bonchev–Trinajstić information content (AvgIpc) is 2.33. The van der Waals surface area contributed by atoms with Crippen LogP contribution in [0.1, 0.15) is 11.3 Å². The largest absolute Gasteiger partial charge is 0.508 e. The minimum Gasteiger partial charge on any atom is -0.508 e. The summed E-state index contributed by atoms with van der Waals surface area (Å²) < 4.78 is 0. The molecule has 0 radical (unpaired) electrons. The molecule has 0 fully saturated rings. The van der Waals surface area contributed by atoms with Gasteiger partial charge in [0.15, 0.2) is 0 Å². The maximum Gasteiger partial charge on any atom is 0.133 e. The van der Waals surface area contributed by atoms with E-state index in [-0.39, 0.29) is 11.5 Å². The highest BCUT2D eigenvalue weighted by Crippen LogP contribution is 2.21. The third-order valence-corrected chi connectivity index (χ3v) is 2.49. The van der Waals surface area contributed by atoms with Crippen molar-refractivity contribution in [2.45, 2.75) is 13.5 Å². The Labute approximate surface area is 99.6 Å². The molecule has 0 saturated carbocycles. The maximum atomic E-state index is 9.55. The molecule has 17 heavy (non-hydrogen) atoms. The summed E-state index contributed by atoms with van der Waals surface area (Å²) in [4.78, 5) is 4.06. The first-order valence-corrected chi connectivity index (χ1v) is 5.32. The summed E-state index contributed by atoms with van der Waals surface area (Å²) >= 11 is 0. The quantitative estimate of drug-likeness (QED) is 0.757. The van der Waals surface area contributed by atoms with Crippen LogP contribution in [0.4, 0.5) is 5.69 Å². The topological polar surface area (TPSA) is 65.4 Å². The van der Waals surface area contributed by atoms with E-state index in [2.05, 4.69) is 10.3 Å². The van der Waals surface area contributed by atoms with E-state index in [1.54, 1.807) is 18.2 Å². The molecule has 0 saturated heterocycles. The molecule has 0 bridgehead atoms. The summed E-state index contributed by atoms with van der Waals surface area (Å²) in [5.74, 6) is 0.426. The van der Waals surface area contributed by atoms with Crippen LogP contribution in [0.3, 0.4) is 0 Å². The Morgan fingerprint density at radius 2 is 2.00 bits per heavy atom. The molecular weight excluding hydrogens is 216 g/mol. The van der Waals surface area contributed by atoms with Gasteiger partial charge in [-0.15, -0.1) is 0 Å². The Kier molecular flexibility index (Phi) is 3.14. The van der Waals surface area contributed by atoms with Crippen molar-refractivity contribution in [2.75, 3.05) is 5.32 Å². The number of nitrogens with one attached hydrogen (secondary N) is 1. The van der Waals surface area contributed by atoms with Gasteiger partial charge < -0.3 is 15.5 Å². The van der Waals surface area contributed by atoms with Crippen LogP contribution in [0.15, 0.2) is 36.5 Å². The molecule has 1 heterocycles. The van der Waals surface area contributed by atoms with E-state index in [1.165, 1.54) is 6.20 Å². The van der Waals surface area contributed by atoms with Crippen LogP contribution in [-0.4, -0.2) is 15.2 Å². The molecule has 1 aromatic carbocycles. The van der Waals surface area contributed by atoms with Gasteiger partial charge in [0.05, 0.1) is 18.4 Å². The highest BCUT2D eigenvalue weighted by atomic mass is 16.3. The van der Waals surface area contributed by atoms with Crippen molar-refractivity contribution in [1.82, 2.24) is 4.98 Å². The second-order valence-corrected chi connectivity index (χ2v) is 3.86. The third-order valence-electron chi connectivity index (χ3n) is 2.49. The zero-order valence-corrected chi connectivity index (χ0v) is 9.51. The van der Waals surface area contributed by atoms with Gasteiger partial charge in [0.25, 0.3) is 0 Å². The summed E-state index contributed by atoms with van der Waals surface area (Å²) in [6, 6.07) is 8.76. The molecule has 88 valence electrons. The number of pyridine rings is 1. The molecule has 0 aliphatic rings. The molecule has 1 aromatic heterocycles. The van der Waals surface area contributed by atoms with Crippen LogP contribution < -0.4 is 5.32 Å². The summed E-state index contributed by atoms with van der Waals surface area (Å²) in [5.41, 5.74) is 2.50. The van der Waals surface area contributed by atoms with Crippen molar-refractivity contribution in [3.8, 4) is 11.5 Å². The number of rotatable bonds is 3. The van der Waals surface area contributed by atoms with Crippen molar-refractivity contribution in [3.63, 3.8) is 0 Å². The van der Waals surface area contributed by atoms with Gasteiger partial charge in [0, 0.05) is 11.8 Å². The van der Waals surface area contributed by atoms with E-state index in [0.717, 1.165) is 16.9 Å². The third kappa shape index (κ3) is 2.87. The second kappa shape index (κ2) is 4.74. The van der Waals surface area contributed by atoms with Crippen LogP contribution in [0.2, 0.25) is 0 Å². The number of phenols is 1. The summed E-state index contributed by atoms with van der Waals surface area (Å²) in [5, 5.41) is 21.8. The molecule has 0 unspecified atom stereocenters. The zero-order valence-electron chi connectivity index (χ0n) is 9.51. The number of aryl methyl sites for hydroxylation is 1. The minimum atomic E-state index is 0.154. The van der Waals surface area contributed by atoms with Crippen molar-refractivity contribution in [1.29, 1.82) is 0 Å². The highest BCUT2D eigenvalue weighted by molar-refractivity contribution is 5.51. The number of benzene rings is 1. The Bertz CT molecular complexity index is 509. The predicted molar refractivity (Wildman–Crippen MR) is 66.1 cm³/mol. The van der Waals surface area contributed by atoms with Gasteiger partial charge in [-0.1, -0.05) is 6.07 Å². The maximum absolute atomic E-state index is 9.55. The van der Waals surface area contributed by atoms with Crippen LogP contribution in [-0.2, 0) is 6.54 Å². The Morgan fingerprint density at radius 1 is 1.18 bits per heavy atom. The van der Waals surface area contributed by atoms with Crippen molar-refractivity contribution < 1.29 is 10.2 Å². The Hall–Kier alpha value is -2.23. The molecular formula is C13H14N2O2. The van der Waals surface area contributed by atoms with Crippen LogP contribution in [0.25, 0.3) is 0 Å². The number of aromatic hydroxyl groups is 2. The van der Waals surface area contributed by atoms with Gasteiger partial charge in [-0.3, -0.25) is 4.98 Å². The van der Waals surface area contributed by atoms with E-state index in [4.69, 9.17) is 5.11 Å². The summed E-state index contributed by atoms with van der Waals surface area (Å²) in [6.45, 7) is 2.39. The van der Waals surface area contributed by atoms with Gasteiger partial charge in [0.2, 0.25) is 0 Å². The number of hydrogen-bond acceptors (Lipinski definition) is 4. The fraction of sp³-hybridized carbons (Fsp3) is 0.154. The van der Waals surface area contributed by atoms with Gasteiger partial charge >= 0.3 is 0 Å². The average molecular weight is 230 g/mol. The minimum absolute atomic E-state index is 0.154. The van der Waals surface area contributed by atoms with Crippen molar-refractivity contribution >= 4 is 5.69 Å². The Morgan fingerprint density at radius 3 is 2.65 bits per heavy atom. The predicted octanol–water partition coefficient (Wildman–Crippen LogP) is 2.41. The lowest BCUT2D eigenvalue weighted by Crippen LogP contribution is -2.01. The molecule has 0 aliphatic carbocycles. The number of phenolic OH excluding ortho intramolecular Hbond substituents is 1. The van der Waals surface area contributed by atoms with Gasteiger partial charge in [0.1, 0.15) is 11.5 Å². The normalized spacial score (nSPS) is 10.2. The molecule has 3 N–H and O–H groups in total. The lowest BCUT2D eigenvalue weighted by Gasteiger charge is -2.07. The zero-order chi connectivity index (χ0) is 12.3. The first-order chi connectivity index (χ1) is 8.15. The first-order valence-electron chi connectivity index (χ1n) is 5.32. The molecule has 2 rings (SSSR count). The molecule has 0 amide bonds. The second-order valence-electron chi connectivity index (χ2n) is 3.86. The van der Waals surface area contributed by atoms with E-state index in [9.17, 15) is 5.11 Å². The monoisotopic (exact) mass is 230 g/mol. The molecule has 2 aromatic rings. The van der Waals surface area contributed by atoms with E-state index in [0.29, 0.717) is 6.54 Å². The number of aromatic nitrogens is 1. The van der Waals surface area contributed by atoms with Gasteiger partial charge in [-0.25, -0.2) is 0 Å². The van der Waals surface area contributed by atoms with Gasteiger partial charge in [-0.05, 0) is 30.7 Å². The van der Waals surface area contributed by atoms with E-state index >= 15 is 0 Å². The number of nitrogens with zero attached hydrogens (tertiary/aromatic N) is 1. The SMILES string of the molecule is Cc1ccc(NCc2ccc(O)cn2)cc1O. The fourth-order valence-corrected chi connectivity index (χ4v) is 1.43. The summed E-state index contributed by atoms with van der Waals surface area (Å²) in [7, 11) is 0. The summed E-state index contributed by atoms with van der Waals surface area (Å²) in [6.07, 6.45) is 1.41. The molecule has 4 nitrogen and oxygen atoms in total. The van der Waals surface area contributed by atoms with Crippen molar-refractivity contribution in [3.05, 3.63) is 47.8 Å². The standard InChI is InChI=1S/C13H14N2O2/c1-9-2-3-10(6-13(9)17)14-7-11-4-5-12(16)8-15-11/h2-6,8,14,16-17H,7H2,1H3. The number of hydrogen-bond donors (Lipinski definition) is 3. The van der Waals surface area contributed by atoms with Crippen LogP contribution >= 0.6 is 0 Å². The van der Waals surface area contributed by atoms with Crippen LogP contribution in [0.5, 0.6) is 11.5 Å². The van der Waals surface area contributed by atoms with E-state index in [1.807, 2.05) is 19.1 Å². The van der Waals surface area contributed by atoms with Crippen molar-refractivity contribution in [2.24, 2.45) is 0 Å². The lowest BCUT2D eigenvalue weighted by atomic mass is 10.2. The fourth-order valence-electron chi connectivity index (χ4n) is 1.43. The molecule has 0 aliphatic heterocycles. The molecule has 4 heteroatoms. The van der Waals surface area contributed by atoms with Gasteiger partial charge in [-0.2, -0.15) is 0 Å². The lowest BCUT2D eigenvalue weighted by molar-refractivity contribution is 0.471. The number of anilines is 1. The molecule has 0 atom stereocenters. The van der Waals surface area contributed by atoms with Crippen LogP contribution in [0, 0.1) is 6.92 Å².